The van der Waals surface area contributed by atoms with Crippen molar-refractivity contribution in [2.45, 2.75) is 52.0 Å². The number of benzene rings is 1. The monoisotopic (exact) mass is 355 g/mol. The molecule has 1 nitrogen and oxygen atoms in total. The van der Waals surface area contributed by atoms with Crippen molar-refractivity contribution in [1.29, 1.82) is 0 Å². The van der Waals surface area contributed by atoms with Crippen LogP contribution in [-0.2, 0) is 6.42 Å². The van der Waals surface area contributed by atoms with Crippen LogP contribution in [-0.4, -0.2) is 13.1 Å². The van der Waals surface area contributed by atoms with Gasteiger partial charge in [0, 0.05) is 10.5 Å². The van der Waals surface area contributed by atoms with E-state index in [1.807, 2.05) is 13.1 Å². The second-order valence-corrected chi connectivity index (χ2v) is 7.61. The Bertz CT molecular complexity index is 453. The van der Waals surface area contributed by atoms with E-state index in [1.165, 1.54) is 31.7 Å². The zero-order valence-electron chi connectivity index (χ0n) is 13.3. The minimum Gasteiger partial charge on any atom is -0.316 e. The Balaban J connectivity index is 1.99. The summed E-state index contributed by atoms with van der Waals surface area (Å²) < 4.78 is 14.5. The summed E-state index contributed by atoms with van der Waals surface area (Å²) in [6.07, 6.45) is 6.16. The van der Waals surface area contributed by atoms with Gasteiger partial charge < -0.3 is 5.32 Å². The predicted octanol–water partition coefficient (Wildman–Crippen LogP) is 5.18. The highest BCUT2D eigenvalue weighted by Gasteiger charge is 2.28. The van der Waals surface area contributed by atoms with Gasteiger partial charge in [0.05, 0.1) is 0 Å². The van der Waals surface area contributed by atoms with E-state index in [2.05, 4.69) is 35.1 Å². The molecule has 0 amide bonds. The molecule has 1 fully saturated rings. The number of hydrogen-bond acceptors (Lipinski definition) is 1. The second-order valence-electron chi connectivity index (χ2n) is 6.75. The fourth-order valence-corrected chi connectivity index (χ4v) is 4.06. The maximum atomic E-state index is 13.4. The van der Waals surface area contributed by atoms with E-state index in [4.69, 9.17) is 0 Å². The molecule has 0 spiro atoms. The van der Waals surface area contributed by atoms with E-state index < -0.39 is 0 Å². The Morgan fingerprint density at radius 3 is 2.38 bits per heavy atom. The zero-order chi connectivity index (χ0) is 15.4. The van der Waals surface area contributed by atoms with E-state index >= 15 is 0 Å². The van der Waals surface area contributed by atoms with Gasteiger partial charge in [0.15, 0.2) is 0 Å². The molecule has 3 heteroatoms. The lowest BCUT2D eigenvalue weighted by atomic mass is 9.73. The summed E-state index contributed by atoms with van der Waals surface area (Å²) in [4.78, 5) is 0. The maximum absolute atomic E-state index is 13.4. The van der Waals surface area contributed by atoms with Gasteiger partial charge in [-0.1, -0.05) is 29.8 Å². The third kappa shape index (κ3) is 4.53. The summed E-state index contributed by atoms with van der Waals surface area (Å²) >= 11 is 3.55. The summed E-state index contributed by atoms with van der Waals surface area (Å²) in [6, 6.07) is 5.42. The molecule has 118 valence electrons. The molecule has 1 aliphatic carbocycles. The average Bonchev–Trinajstić information content (AvgIpc) is 2.48. The highest BCUT2D eigenvalue weighted by Crippen LogP contribution is 2.35. The highest BCUT2D eigenvalue weighted by atomic mass is 79.9. The molecule has 0 saturated heterocycles. The molecule has 0 aliphatic heterocycles. The minimum absolute atomic E-state index is 0.147. The van der Waals surface area contributed by atoms with Gasteiger partial charge in [-0.15, -0.1) is 0 Å². The third-order valence-electron chi connectivity index (χ3n) is 5.15. The molecular weight excluding hydrogens is 329 g/mol. The number of halogens is 2. The molecule has 1 aromatic rings. The van der Waals surface area contributed by atoms with Crippen LogP contribution in [0.5, 0.6) is 0 Å². The molecule has 0 bridgehead atoms. The van der Waals surface area contributed by atoms with Gasteiger partial charge in [-0.3, -0.25) is 0 Å². The molecule has 0 aromatic heterocycles. The zero-order valence-corrected chi connectivity index (χ0v) is 14.9. The molecule has 0 heterocycles. The van der Waals surface area contributed by atoms with Crippen LogP contribution in [0.2, 0.25) is 0 Å². The van der Waals surface area contributed by atoms with Gasteiger partial charge in [0.1, 0.15) is 5.82 Å². The van der Waals surface area contributed by atoms with Crippen molar-refractivity contribution in [3.63, 3.8) is 0 Å². The van der Waals surface area contributed by atoms with Crippen LogP contribution in [0.4, 0.5) is 4.39 Å². The Morgan fingerprint density at radius 1 is 1.19 bits per heavy atom. The van der Waals surface area contributed by atoms with Crippen molar-refractivity contribution >= 4 is 15.9 Å². The van der Waals surface area contributed by atoms with Crippen LogP contribution in [0.1, 0.15) is 45.1 Å². The molecule has 2 rings (SSSR count). The maximum Gasteiger partial charge on any atom is 0.123 e. The van der Waals surface area contributed by atoms with Gasteiger partial charge in [-0.2, -0.15) is 0 Å². The molecule has 1 saturated carbocycles. The Kier molecular flexibility index (Phi) is 6.24. The normalized spacial score (nSPS) is 24.3. The van der Waals surface area contributed by atoms with Crippen LogP contribution in [0.25, 0.3) is 0 Å². The van der Waals surface area contributed by atoms with Gasteiger partial charge >= 0.3 is 0 Å². The first kappa shape index (κ1) is 17.0. The molecule has 1 atom stereocenters. The first-order valence-electron chi connectivity index (χ1n) is 8.12. The van der Waals surface area contributed by atoms with Gasteiger partial charge in [-0.05, 0) is 80.7 Å². The number of rotatable bonds is 5. The number of likely N-dealkylation sites (N-methyl/N-ethyl adjacent to an activating group) is 1. The van der Waals surface area contributed by atoms with Crippen molar-refractivity contribution in [3.05, 3.63) is 34.1 Å². The highest BCUT2D eigenvalue weighted by molar-refractivity contribution is 9.10. The molecule has 1 N–H and O–H groups in total. The van der Waals surface area contributed by atoms with Crippen LogP contribution < -0.4 is 5.32 Å². The topological polar surface area (TPSA) is 12.0 Å². The SMILES string of the molecule is CNC(Cc1cc(F)ccc1Br)C1CCC(C(C)C)CC1. The fourth-order valence-electron chi connectivity index (χ4n) is 3.66. The summed E-state index contributed by atoms with van der Waals surface area (Å²) in [5.74, 6) is 2.25. The molecule has 1 aromatic carbocycles. The Hall–Kier alpha value is -0.410. The minimum atomic E-state index is -0.147. The quantitative estimate of drug-likeness (QED) is 0.766. The average molecular weight is 356 g/mol. The predicted molar refractivity (Wildman–Crippen MR) is 90.9 cm³/mol. The lowest BCUT2D eigenvalue weighted by Gasteiger charge is -2.35. The van der Waals surface area contributed by atoms with E-state index in [1.54, 1.807) is 6.07 Å². The van der Waals surface area contributed by atoms with Crippen molar-refractivity contribution in [2.75, 3.05) is 7.05 Å². The lowest BCUT2D eigenvalue weighted by molar-refractivity contribution is 0.191. The van der Waals surface area contributed by atoms with Crippen molar-refractivity contribution < 1.29 is 4.39 Å². The molecule has 0 radical (unpaired) electrons. The Morgan fingerprint density at radius 2 is 1.81 bits per heavy atom. The number of nitrogens with one attached hydrogen (secondary N) is 1. The van der Waals surface area contributed by atoms with E-state index in [9.17, 15) is 4.39 Å². The van der Waals surface area contributed by atoms with E-state index in [0.717, 1.165) is 28.3 Å². The van der Waals surface area contributed by atoms with Crippen molar-refractivity contribution in [1.82, 2.24) is 5.32 Å². The smallest absolute Gasteiger partial charge is 0.123 e. The summed E-state index contributed by atoms with van der Waals surface area (Å²) in [6.45, 7) is 4.68. The summed E-state index contributed by atoms with van der Waals surface area (Å²) in [5, 5.41) is 3.47. The van der Waals surface area contributed by atoms with Crippen LogP contribution in [0, 0.1) is 23.6 Å². The van der Waals surface area contributed by atoms with Crippen LogP contribution in [0.15, 0.2) is 22.7 Å². The molecule has 1 aliphatic rings. The molecular formula is C18H27BrFN. The largest absolute Gasteiger partial charge is 0.316 e. The van der Waals surface area contributed by atoms with Gasteiger partial charge in [-0.25, -0.2) is 4.39 Å². The van der Waals surface area contributed by atoms with Crippen LogP contribution in [0.3, 0.4) is 0 Å². The van der Waals surface area contributed by atoms with Gasteiger partial charge in [0.25, 0.3) is 0 Å². The molecule has 1 unspecified atom stereocenters. The second kappa shape index (κ2) is 7.73. The first-order chi connectivity index (χ1) is 10.0. The summed E-state index contributed by atoms with van der Waals surface area (Å²) in [7, 11) is 2.03. The van der Waals surface area contributed by atoms with Crippen molar-refractivity contribution in [2.24, 2.45) is 17.8 Å². The number of hydrogen-bond donors (Lipinski definition) is 1. The van der Waals surface area contributed by atoms with Crippen molar-refractivity contribution in [3.8, 4) is 0 Å². The summed E-state index contributed by atoms with van der Waals surface area (Å²) in [5.41, 5.74) is 1.07. The van der Waals surface area contributed by atoms with E-state index in [0.29, 0.717) is 12.0 Å². The standard InChI is InChI=1S/C18H27BrFN/c1-12(2)13-4-6-14(7-5-13)18(21-3)11-15-10-16(20)8-9-17(15)19/h8-10,12-14,18,21H,4-7,11H2,1-3H3. The Labute approximate surface area is 136 Å². The fraction of sp³-hybridized carbons (Fsp3) is 0.667. The first-order valence-corrected chi connectivity index (χ1v) is 8.91. The van der Waals surface area contributed by atoms with E-state index in [-0.39, 0.29) is 5.82 Å². The van der Waals surface area contributed by atoms with Gasteiger partial charge in [0.2, 0.25) is 0 Å². The third-order valence-corrected chi connectivity index (χ3v) is 5.92. The van der Waals surface area contributed by atoms with Crippen LogP contribution >= 0.6 is 15.9 Å². The molecule has 21 heavy (non-hydrogen) atoms. The lowest BCUT2D eigenvalue weighted by Crippen LogP contribution is -2.38.